The van der Waals surface area contributed by atoms with E-state index < -0.39 is 11.6 Å². The van der Waals surface area contributed by atoms with Gasteiger partial charge in [0.1, 0.15) is 0 Å². The van der Waals surface area contributed by atoms with E-state index in [-0.39, 0.29) is 6.04 Å². The lowest BCUT2D eigenvalue weighted by molar-refractivity contribution is 0.503. The van der Waals surface area contributed by atoms with Gasteiger partial charge in [-0.1, -0.05) is 6.07 Å². The van der Waals surface area contributed by atoms with Gasteiger partial charge in [-0.25, -0.2) is 8.78 Å². The topological polar surface area (TPSA) is 29.9 Å². The van der Waals surface area contributed by atoms with Crippen LogP contribution in [0.3, 0.4) is 0 Å². The van der Waals surface area contributed by atoms with Crippen LogP contribution < -0.4 is 5.32 Å². The highest BCUT2D eigenvalue weighted by molar-refractivity contribution is 5.21. The third-order valence-electron chi connectivity index (χ3n) is 3.11. The van der Waals surface area contributed by atoms with Crippen molar-refractivity contribution in [2.45, 2.75) is 26.4 Å². The van der Waals surface area contributed by atoms with Crippen molar-refractivity contribution in [1.82, 2.24) is 15.1 Å². The molecule has 0 fully saturated rings. The first-order valence-electron chi connectivity index (χ1n) is 6.15. The number of aryl methyl sites for hydroxylation is 2. The van der Waals surface area contributed by atoms with Crippen molar-refractivity contribution in [2.75, 3.05) is 0 Å². The zero-order valence-electron chi connectivity index (χ0n) is 11.2. The molecule has 0 bridgehead atoms. The molecule has 0 aliphatic rings. The van der Waals surface area contributed by atoms with Gasteiger partial charge in [0.15, 0.2) is 11.6 Å². The molecule has 0 radical (unpaired) electrons. The second-order valence-electron chi connectivity index (χ2n) is 4.69. The minimum absolute atomic E-state index is 0.0989. The molecule has 0 aliphatic carbocycles. The van der Waals surface area contributed by atoms with E-state index in [2.05, 4.69) is 10.4 Å². The van der Waals surface area contributed by atoms with Crippen molar-refractivity contribution in [3.8, 4) is 0 Å². The number of rotatable bonds is 4. The lowest BCUT2D eigenvalue weighted by atomic mass is 10.1. The molecule has 0 saturated carbocycles. The van der Waals surface area contributed by atoms with Crippen LogP contribution in [0.2, 0.25) is 0 Å². The molecule has 1 heterocycles. The number of nitrogens with one attached hydrogen (secondary N) is 1. The molecule has 3 nitrogen and oxygen atoms in total. The Bertz CT molecular complexity index is 578. The smallest absolute Gasteiger partial charge is 0.159 e. The zero-order chi connectivity index (χ0) is 14.0. The summed E-state index contributed by atoms with van der Waals surface area (Å²) in [6.07, 6.45) is 1.96. The van der Waals surface area contributed by atoms with Crippen LogP contribution in [0.1, 0.15) is 29.8 Å². The number of halogens is 2. The van der Waals surface area contributed by atoms with Gasteiger partial charge in [0, 0.05) is 31.4 Å². The molecule has 1 N–H and O–H groups in total. The van der Waals surface area contributed by atoms with Crippen molar-refractivity contribution >= 4 is 0 Å². The molecular formula is C14H17F2N3. The molecule has 1 aromatic carbocycles. The van der Waals surface area contributed by atoms with E-state index in [0.29, 0.717) is 12.1 Å². The van der Waals surface area contributed by atoms with Crippen molar-refractivity contribution in [1.29, 1.82) is 0 Å². The molecule has 1 unspecified atom stereocenters. The molecule has 19 heavy (non-hydrogen) atoms. The maximum atomic E-state index is 13.1. The van der Waals surface area contributed by atoms with Crippen molar-refractivity contribution < 1.29 is 8.78 Å². The van der Waals surface area contributed by atoms with Crippen molar-refractivity contribution in [2.24, 2.45) is 7.05 Å². The monoisotopic (exact) mass is 265 g/mol. The number of benzene rings is 1. The summed E-state index contributed by atoms with van der Waals surface area (Å²) in [7, 11) is 1.87. The first kappa shape index (κ1) is 13.7. The number of aromatic nitrogens is 2. The number of nitrogens with zero attached hydrogens (tertiary/aromatic N) is 2. The maximum Gasteiger partial charge on any atom is 0.159 e. The summed E-state index contributed by atoms with van der Waals surface area (Å²) in [5.41, 5.74) is 2.78. The van der Waals surface area contributed by atoms with E-state index >= 15 is 0 Å². The molecule has 1 atom stereocenters. The van der Waals surface area contributed by atoms with Gasteiger partial charge in [-0.3, -0.25) is 4.68 Å². The summed E-state index contributed by atoms with van der Waals surface area (Å²) >= 11 is 0. The second-order valence-corrected chi connectivity index (χ2v) is 4.69. The Labute approximate surface area is 111 Å². The van der Waals surface area contributed by atoms with Gasteiger partial charge in [0.05, 0.1) is 5.69 Å². The summed E-state index contributed by atoms with van der Waals surface area (Å²) in [5, 5.41) is 7.55. The van der Waals surface area contributed by atoms with Gasteiger partial charge >= 0.3 is 0 Å². The molecule has 2 aromatic rings. The molecule has 0 saturated heterocycles. The summed E-state index contributed by atoms with van der Waals surface area (Å²) in [4.78, 5) is 0. The van der Waals surface area contributed by atoms with E-state index in [9.17, 15) is 8.78 Å². The van der Waals surface area contributed by atoms with Gasteiger partial charge in [-0.2, -0.15) is 5.10 Å². The molecule has 0 spiro atoms. The molecular weight excluding hydrogens is 248 g/mol. The molecule has 0 amide bonds. The molecule has 5 heteroatoms. The quantitative estimate of drug-likeness (QED) is 0.921. The highest BCUT2D eigenvalue weighted by Gasteiger charge is 2.11. The number of hydrogen-bond acceptors (Lipinski definition) is 2. The highest BCUT2D eigenvalue weighted by atomic mass is 19.2. The van der Waals surface area contributed by atoms with Crippen LogP contribution in [0, 0.1) is 18.6 Å². The van der Waals surface area contributed by atoms with E-state index in [0.717, 1.165) is 17.3 Å². The molecule has 0 aliphatic heterocycles. The fourth-order valence-electron chi connectivity index (χ4n) is 2.07. The Morgan fingerprint density at radius 1 is 1.32 bits per heavy atom. The highest BCUT2D eigenvalue weighted by Crippen LogP contribution is 2.16. The van der Waals surface area contributed by atoms with Gasteiger partial charge in [0.25, 0.3) is 0 Å². The summed E-state index contributed by atoms with van der Waals surface area (Å²) < 4.78 is 27.7. The van der Waals surface area contributed by atoms with Crippen molar-refractivity contribution in [3.05, 3.63) is 52.9 Å². The Morgan fingerprint density at radius 3 is 2.63 bits per heavy atom. The SMILES string of the molecule is Cc1nn(C)cc1C(C)NCc1ccc(F)c(F)c1. The maximum absolute atomic E-state index is 13.1. The lowest BCUT2D eigenvalue weighted by Gasteiger charge is -2.13. The van der Waals surface area contributed by atoms with Gasteiger partial charge in [-0.05, 0) is 31.5 Å². The molecule has 2 rings (SSSR count). The fourth-order valence-corrected chi connectivity index (χ4v) is 2.07. The molecule has 1 aromatic heterocycles. The van der Waals surface area contributed by atoms with E-state index in [1.54, 1.807) is 10.7 Å². The normalized spacial score (nSPS) is 12.7. The van der Waals surface area contributed by atoms with Crippen LogP contribution in [0.5, 0.6) is 0 Å². The first-order valence-corrected chi connectivity index (χ1v) is 6.15. The predicted octanol–water partition coefficient (Wildman–Crippen LogP) is 2.86. The van der Waals surface area contributed by atoms with E-state index in [4.69, 9.17) is 0 Å². The Kier molecular flexibility index (Phi) is 3.95. The lowest BCUT2D eigenvalue weighted by Crippen LogP contribution is -2.18. The van der Waals surface area contributed by atoms with Gasteiger partial charge < -0.3 is 5.32 Å². The minimum Gasteiger partial charge on any atom is -0.306 e. The Balaban J connectivity index is 2.02. The van der Waals surface area contributed by atoms with E-state index in [1.807, 2.05) is 27.1 Å². The third kappa shape index (κ3) is 3.17. The Hall–Kier alpha value is -1.75. The van der Waals surface area contributed by atoms with Crippen LogP contribution in [-0.2, 0) is 13.6 Å². The summed E-state index contributed by atoms with van der Waals surface area (Å²) in [5.74, 6) is -1.63. The van der Waals surface area contributed by atoms with Crippen LogP contribution in [0.15, 0.2) is 24.4 Å². The van der Waals surface area contributed by atoms with Crippen LogP contribution in [-0.4, -0.2) is 9.78 Å². The van der Waals surface area contributed by atoms with Gasteiger partial charge in [-0.15, -0.1) is 0 Å². The first-order chi connectivity index (χ1) is 8.97. The van der Waals surface area contributed by atoms with E-state index in [1.165, 1.54) is 6.07 Å². The zero-order valence-corrected chi connectivity index (χ0v) is 11.2. The molecule has 102 valence electrons. The second kappa shape index (κ2) is 5.48. The van der Waals surface area contributed by atoms with Crippen LogP contribution >= 0.6 is 0 Å². The third-order valence-corrected chi connectivity index (χ3v) is 3.11. The summed E-state index contributed by atoms with van der Waals surface area (Å²) in [6.45, 7) is 4.45. The predicted molar refractivity (Wildman–Crippen MR) is 69.6 cm³/mol. The van der Waals surface area contributed by atoms with Crippen LogP contribution in [0.25, 0.3) is 0 Å². The van der Waals surface area contributed by atoms with Gasteiger partial charge in [0.2, 0.25) is 0 Å². The minimum atomic E-state index is -0.820. The number of hydrogen-bond donors (Lipinski definition) is 1. The summed E-state index contributed by atoms with van der Waals surface area (Å²) in [6, 6.07) is 4.04. The average molecular weight is 265 g/mol. The average Bonchev–Trinajstić information content (AvgIpc) is 2.70. The Morgan fingerprint density at radius 2 is 2.05 bits per heavy atom. The largest absolute Gasteiger partial charge is 0.306 e. The fraction of sp³-hybridized carbons (Fsp3) is 0.357. The standard InChI is InChI=1S/C14H17F2N3/c1-9(12-8-19(3)18-10(12)2)17-7-11-4-5-13(15)14(16)6-11/h4-6,8-9,17H,7H2,1-3H3. The van der Waals surface area contributed by atoms with Crippen LogP contribution in [0.4, 0.5) is 8.78 Å². The van der Waals surface area contributed by atoms with Crippen molar-refractivity contribution in [3.63, 3.8) is 0 Å².